The number of aryl methyl sites for hydroxylation is 2. The summed E-state index contributed by atoms with van der Waals surface area (Å²) >= 11 is 0. The lowest BCUT2D eigenvalue weighted by atomic mass is 10.0. The third-order valence-corrected chi connectivity index (χ3v) is 3.99. The fraction of sp³-hybridized carbons (Fsp3) is 0.714. The summed E-state index contributed by atoms with van der Waals surface area (Å²) in [7, 11) is 1.92. The predicted octanol–water partition coefficient (Wildman–Crippen LogP) is 0.933. The third kappa shape index (κ3) is 2.65. The molecule has 0 saturated carbocycles. The molecule has 1 aromatic rings. The van der Waals surface area contributed by atoms with Gasteiger partial charge in [0.25, 0.3) is 0 Å². The molecule has 1 aliphatic rings. The van der Waals surface area contributed by atoms with Gasteiger partial charge in [-0.1, -0.05) is 0 Å². The van der Waals surface area contributed by atoms with Crippen LogP contribution in [0.1, 0.15) is 32.0 Å². The average molecular weight is 278 g/mol. The third-order valence-electron chi connectivity index (χ3n) is 3.99. The second-order valence-corrected chi connectivity index (χ2v) is 6.47. The molecule has 0 radical (unpaired) electrons. The van der Waals surface area contributed by atoms with Crippen molar-refractivity contribution in [3.05, 3.63) is 11.3 Å². The predicted molar refractivity (Wildman–Crippen MR) is 82.5 cm³/mol. The normalized spacial score (nSPS) is 17.6. The van der Waals surface area contributed by atoms with Gasteiger partial charge in [-0.25, -0.2) is 0 Å². The van der Waals surface area contributed by atoms with E-state index in [0.29, 0.717) is 0 Å². The topological polar surface area (TPSA) is 74.2 Å². The number of rotatable bonds is 2. The number of aromatic nitrogens is 2. The van der Waals surface area contributed by atoms with Crippen LogP contribution in [-0.2, 0) is 7.05 Å². The van der Waals surface area contributed by atoms with Crippen LogP contribution in [0.3, 0.4) is 0 Å². The van der Waals surface area contributed by atoms with Crippen LogP contribution in [0.4, 0.5) is 5.82 Å². The van der Waals surface area contributed by atoms with Gasteiger partial charge in [0.15, 0.2) is 0 Å². The molecule has 6 nitrogen and oxygen atoms in total. The second-order valence-electron chi connectivity index (χ2n) is 6.47. The Bertz CT molecular complexity index is 502. The number of nitrogens with zero attached hydrogens (tertiary/aromatic N) is 4. The molecule has 1 saturated heterocycles. The lowest BCUT2D eigenvalue weighted by molar-refractivity contribution is 0.128. The number of nitrogens with one attached hydrogen (secondary N) is 1. The molecular weight excluding hydrogens is 252 g/mol. The van der Waals surface area contributed by atoms with Crippen molar-refractivity contribution in [1.29, 1.82) is 5.41 Å². The van der Waals surface area contributed by atoms with Crippen molar-refractivity contribution >= 4 is 11.7 Å². The zero-order valence-electron chi connectivity index (χ0n) is 13.2. The van der Waals surface area contributed by atoms with Crippen LogP contribution in [0.25, 0.3) is 0 Å². The van der Waals surface area contributed by atoms with Crippen LogP contribution in [0.5, 0.6) is 0 Å². The molecular formula is C14H26N6. The lowest BCUT2D eigenvalue weighted by Crippen LogP contribution is -2.54. The van der Waals surface area contributed by atoms with E-state index in [0.717, 1.165) is 43.3 Å². The largest absolute Gasteiger partial charge is 0.384 e. The molecule has 0 aliphatic carbocycles. The van der Waals surface area contributed by atoms with Crippen LogP contribution in [0.2, 0.25) is 0 Å². The summed E-state index contributed by atoms with van der Waals surface area (Å²) in [6, 6.07) is 0. The Hall–Kier alpha value is -1.56. The van der Waals surface area contributed by atoms with Gasteiger partial charge in [0.05, 0.1) is 11.3 Å². The van der Waals surface area contributed by atoms with Gasteiger partial charge in [0.2, 0.25) is 0 Å². The highest BCUT2D eigenvalue weighted by Crippen LogP contribution is 2.25. The number of nitrogen functional groups attached to an aromatic ring is 1. The Morgan fingerprint density at radius 2 is 1.75 bits per heavy atom. The molecule has 1 fully saturated rings. The number of nitrogens with two attached hydrogens (primary N) is 1. The average Bonchev–Trinajstić information content (AvgIpc) is 2.63. The fourth-order valence-electron chi connectivity index (χ4n) is 2.91. The molecule has 1 aromatic heterocycles. The highest BCUT2D eigenvalue weighted by molar-refractivity contribution is 6.00. The molecule has 112 valence electrons. The molecule has 0 spiro atoms. The van der Waals surface area contributed by atoms with E-state index in [-0.39, 0.29) is 11.4 Å². The lowest BCUT2D eigenvalue weighted by Gasteiger charge is -2.43. The maximum atomic E-state index is 7.78. The Balaban J connectivity index is 2.21. The fourth-order valence-corrected chi connectivity index (χ4v) is 2.91. The molecule has 0 unspecified atom stereocenters. The van der Waals surface area contributed by atoms with E-state index < -0.39 is 0 Å². The van der Waals surface area contributed by atoms with Crippen LogP contribution in [0, 0.1) is 12.3 Å². The summed E-state index contributed by atoms with van der Waals surface area (Å²) in [6.45, 7) is 12.6. The summed E-state index contributed by atoms with van der Waals surface area (Å²) in [4.78, 5) is 4.78. The van der Waals surface area contributed by atoms with Crippen molar-refractivity contribution in [2.45, 2.75) is 33.2 Å². The molecule has 0 atom stereocenters. The smallest absolute Gasteiger partial charge is 0.137 e. The van der Waals surface area contributed by atoms with Gasteiger partial charge < -0.3 is 10.6 Å². The van der Waals surface area contributed by atoms with E-state index in [1.54, 1.807) is 0 Å². The first-order valence-electron chi connectivity index (χ1n) is 7.10. The SMILES string of the molecule is Cc1nn(C)c(N2CCN(C(C)(C)C)CC2)c1C(=N)N. The zero-order chi connectivity index (χ0) is 15.1. The van der Waals surface area contributed by atoms with Crippen molar-refractivity contribution in [1.82, 2.24) is 14.7 Å². The summed E-state index contributed by atoms with van der Waals surface area (Å²) in [5.41, 5.74) is 7.53. The van der Waals surface area contributed by atoms with Crippen molar-refractivity contribution in [3.63, 3.8) is 0 Å². The number of hydrogen-bond acceptors (Lipinski definition) is 4. The van der Waals surface area contributed by atoms with Crippen LogP contribution >= 0.6 is 0 Å². The monoisotopic (exact) mass is 278 g/mol. The molecule has 0 aromatic carbocycles. The van der Waals surface area contributed by atoms with E-state index in [2.05, 4.69) is 35.7 Å². The van der Waals surface area contributed by atoms with Gasteiger partial charge in [-0.05, 0) is 27.7 Å². The van der Waals surface area contributed by atoms with Gasteiger partial charge in [0, 0.05) is 38.8 Å². The molecule has 3 N–H and O–H groups in total. The van der Waals surface area contributed by atoms with E-state index in [9.17, 15) is 0 Å². The number of hydrogen-bond donors (Lipinski definition) is 2. The molecule has 0 amide bonds. The molecule has 0 bridgehead atoms. The molecule has 2 heterocycles. The van der Waals surface area contributed by atoms with E-state index in [1.807, 2.05) is 18.7 Å². The maximum Gasteiger partial charge on any atom is 0.137 e. The minimum atomic E-state index is 0.101. The van der Waals surface area contributed by atoms with Gasteiger partial charge >= 0.3 is 0 Å². The van der Waals surface area contributed by atoms with Crippen LogP contribution in [0.15, 0.2) is 0 Å². The molecule has 1 aliphatic heterocycles. The molecule has 6 heteroatoms. The summed E-state index contributed by atoms with van der Waals surface area (Å²) < 4.78 is 1.85. The van der Waals surface area contributed by atoms with Gasteiger partial charge in [0.1, 0.15) is 11.7 Å². The number of piperazine rings is 1. The second kappa shape index (κ2) is 5.09. The maximum absolute atomic E-state index is 7.78. The summed E-state index contributed by atoms with van der Waals surface area (Å²) in [5.74, 6) is 1.08. The van der Waals surface area contributed by atoms with Gasteiger partial charge in [-0.2, -0.15) is 5.10 Å². The van der Waals surface area contributed by atoms with Crippen molar-refractivity contribution < 1.29 is 0 Å². The highest BCUT2D eigenvalue weighted by atomic mass is 15.4. The minimum absolute atomic E-state index is 0.101. The molecule has 2 rings (SSSR count). The number of anilines is 1. The quantitative estimate of drug-likeness (QED) is 0.623. The Kier molecular flexibility index (Phi) is 3.77. The van der Waals surface area contributed by atoms with Crippen molar-refractivity contribution in [2.75, 3.05) is 31.1 Å². The first kappa shape index (κ1) is 14.8. The number of amidine groups is 1. The Morgan fingerprint density at radius 1 is 1.20 bits per heavy atom. The minimum Gasteiger partial charge on any atom is -0.384 e. The van der Waals surface area contributed by atoms with E-state index in [1.165, 1.54) is 0 Å². The Labute approximate surface area is 121 Å². The van der Waals surface area contributed by atoms with Crippen LogP contribution in [-0.4, -0.2) is 52.2 Å². The first-order valence-corrected chi connectivity index (χ1v) is 7.10. The van der Waals surface area contributed by atoms with Crippen molar-refractivity contribution in [3.8, 4) is 0 Å². The Morgan fingerprint density at radius 3 is 2.20 bits per heavy atom. The standard InChI is InChI=1S/C14H26N6/c1-10-11(12(15)16)13(18(5)17-10)19-6-8-20(9-7-19)14(2,3)4/h6-9H2,1-5H3,(H3,15,16). The van der Waals surface area contributed by atoms with Gasteiger partial charge in [-0.3, -0.25) is 15.0 Å². The molecule has 20 heavy (non-hydrogen) atoms. The first-order chi connectivity index (χ1) is 9.21. The summed E-state index contributed by atoms with van der Waals surface area (Å²) in [6.07, 6.45) is 0. The van der Waals surface area contributed by atoms with E-state index >= 15 is 0 Å². The van der Waals surface area contributed by atoms with E-state index in [4.69, 9.17) is 11.1 Å². The van der Waals surface area contributed by atoms with Gasteiger partial charge in [-0.15, -0.1) is 0 Å². The summed E-state index contributed by atoms with van der Waals surface area (Å²) in [5, 5.41) is 12.2. The van der Waals surface area contributed by atoms with Crippen molar-refractivity contribution in [2.24, 2.45) is 12.8 Å². The van der Waals surface area contributed by atoms with Crippen LogP contribution < -0.4 is 10.6 Å². The highest BCUT2D eigenvalue weighted by Gasteiger charge is 2.29. The zero-order valence-corrected chi connectivity index (χ0v) is 13.2.